The molecule has 6 heteroatoms. The molecule has 1 aromatic carbocycles. The number of hydrogen-bond donors (Lipinski definition) is 3. The predicted octanol–water partition coefficient (Wildman–Crippen LogP) is -0.258. The topological polar surface area (TPSA) is 101 Å². The van der Waals surface area contributed by atoms with Gasteiger partial charge in [0.05, 0.1) is 11.1 Å². The Morgan fingerprint density at radius 3 is 2.86 bits per heavy atom. The lowest BCUT2D eigenvalue weighted by atomic mass is 10.2. The third-order valence-electron chi connectivity index (χ3n) is 1.97. The molecule has 0 spiro atoms. The average molecular weight is 193 g/mol. The summed E-state index contributed by atoms with van der Waals surface area (Å²) < 4.78 is 0.790. The number of para-hydroxylation sites is 1. The van der Waals surface area contributed by atoms with Crippen LogP contribution in [0.3, 0.4) is 0 Å². The summed E-state index contributed by atoms with van der Waals surface area (Å²) in [7, 11) is 0. The molecule has 2 aromatic rings. The second kappa shape index (κ2) is 2.63. The van der Waals surface area contributed by atoms with Crippen molar-refractivity contribution in [3.63, 3.8) is 0 Å². The molecular weight excluding hydrogens is 186 g/mol. The third kappa shape index (κ3) is 0.972. The van der Waals surface area contributed by atoms with Crippen LogP contribution in [0.2, 0.25) is 0 Å². The number of aromatic carboxylic acids is 1. The van der Waals surface area contributed by atoms with Gasteiger partial charge in [-0.05, 0) is 12.1 Å². The second-order valence-electron chi connectivity index (χ2n) is 2.81. The van der Waals surface area contributed by atoms with Crippen LogP contribution in [0.15, 0.2) is 23.0 Å². The zero-order valence-electron chi connectivity index (χ0n) is 7.02. The molecule has 1 heterocycles. The summed E-state index contributed by atoms with van der Waals surface area (Å²) in [6, 6.07) is 4.52. The van der Waals surface area contributed by atoms with Gasteiger partial charge in [0.1, 0.15) is 5.52 Å². The largest absolute Gasteiger partial charge is 0.478 e. The van der Waals surface area contributed by atoms with Gasteiger partial charge in [-0.25, -0.2) is 14.3 Å². The number of aromatic nitrogens is 2. The lowest BCUT2D eigenvalue weighted by molar-refractivity contribution is 0.0698. The van der Waals surface area contributed by atoms with Crippen LogP contribution < -0.4 is 11.5 Å². The van der Waals surface area contributed by atoms with E-state index in [2.05, 4.69) is 4.98 Å². The van der Waals surface area contributed by atoms with Gasteiger partial charge in [0.25, 0.3) is 0 Å². The Balaban J connectivity index is 2.98. The number of imidazole rings is 1. The molecule has 0 aliphatic heterocycles. The van der Waals surface area contributed by atoms with Crippen LogP contribution in [0.4, 0.5) is 0 Å². The Morgan fingerprint density at radius 2 is 2.21 bits per heavy atom. The fourth-order valence-corrected chi connectivity index (χ4v) is 1.35. The molecule has 0 saturated carbocycles. The van der Waals surface area contributed by atoms with Crippen LogP contribution >= 0.6 is 0 Å². The lowest BCUT2D eigenvalue weighted by Crippen LogP contribution is -2.24. The highest BCUT2D eigenvalue weighted by atomic mass is 16.4. The fraction of sp³-hybridized carbons (Fsp3) is 0. The van der Waals surface area contributed by atoms with Crippen LogP contribution in [-0.4, -0.2) is 20.7 Å². The molecule has 2 rings (SSSR count). The number of carboxylic acids is 1. The number of benzene rings is 1. The molecule has 72 valence electrons. The molecule has 0 aliphatic rings. The van der Waals surface area contributed by atoms with Crippen molar-refractivity contribution in [3.8, 4) is 0 Å². The normalized spacial score (nSPS) is 10.6. The van der Waals surface area contributed by atoms with E-state index in [1.807, 2.05) is 0 Å². The summed E-state index contributed by atoms with van der Waals surface area (Å²) >= 11 is 0. The number of nitrogens with zero attached hydrogens (tertiary/aromatic N) is 1. The van der Waals surface area contributed by atoms with Crippen molar-refractivity contribution in [3.05, 3.63) is 34.2 Å². The molecule has 0 saturated heterocycles. The summed E-state index contributed by atoms with van der Waals surface area (Å²) in [5.74, 6) is 4.27. The first-order chi connectivity index (χ1) is 6.61. The standard InChI is InChI=1S/C8H7N3O3/c9-11-6-4(7(12)13)2-1-3-5(6)10-8(11)14/h1-3H,9H2,(H,10,14)(H,12,13). The lowest BCUT2D eigenvalue weighted by Gasteiger charge is -1.98. The fourth-order valence-electron chi connectivity index (χ4n) is 1.35. The van der Waals surface area contributed by atoms with Crippen molar-refractivity contribution in [1.82, 2.24) is 9.66 Å². The molecule has 0 unspecified atom stereocenters. The van der Waals surface area contributed by atoms with Gasteiger partial charge in [-0.3, -0.25) is 0 Å². The van der Waals surface area contributed by atoms with Gasteiger partial charge in [-0.1, -0.05) is 6.07 Å². The number of nitrogen functional groups attached to an aromatic ring is 1. The monoisotopic (exact) mass is 193 g/mol. The van der Waals surface area contributed by atoms with Crippen molar-refractivity contribution in [2.75, 3.05) is 5.84 Å². The number of rotatable bonds is 1. The van der Waals surface area contributed by atoms with Crippen LogP contribution in [-0.2, 0) is 0 Å². The molecule has 14 heavy (non-hydrogen) atoms. The number of H-pyrrole nitrogens is 1. The van der Waals surface area contributed by atoms with Gasteiger partial charge < -0.3 is 15.9 Å². The molecule has 0 bridgehead atoms. The molecule has 0 aliphatic carbocycles. The zero-order chi connectivity index (χ0) is 10.3. The van der Waals surface area contributed by atoms with Crippen LogP contribution in [0, 0.1) is 0 Å². The highest BCUT2D eigenvalue weighted by Gasteiger charge is 2.13. The van der Waals surface area contributed by atoms with E-state index in [9.17, 15) is 9.59 Å². The van der Waals surface area contributed by atoms with E-state index in [0.29, 0.717) is 5.52 Å². The maximum Gasteiger partial charge on any atom is 0.344 e. The minimum Gasteiger partial charge on any atom is -0.478 e. The van der Waals surface area contributed by atoms with Crippen molar-refractivity contribution in [2.24, 2.45) is 0 Å². The molecular formula is C8H7N3O3. The number of carboxylic acid groups (broad SMARTS) is 1. The highest BCUT2D eigenvalue weighted by molar-refractivity contribution is 6.01. The number of nitrogens with two attached hydrogens (primary N) is 1. The Morgan fingerprint density at radius 1 is 1.50 bits per heavy atom. The van der Waals surface area contributed by atoms with Crippen LogP contribution in [0.25, 0.3) is 11.0 Å². The Kier molecular flexibility index (Phi) is 1.57. The number of carbonyl (C=O) groups is 1. The van der Waals surface area contributed by atoms with E-state index in [1.165, 1.54) is 6.07 Å². The van der Waals surface area contributed by atoms with Gasteiger partial charge in [0.15, 0.2) is 0 Å². The second-order valence-corrected chi connectivity index (χ2v) is 2.81. The van der Waals surface area contributed by atoms with E-state index < -0.39 is 11.7 Å². The van der Waals surface area contributed by atoms with E-state index in [0.717, 1.165) is 4.68 Å². The van der Waals surface area contributed by atoms with Gasteiger partial charge in [0.2, 0.25) is 0 Å². The molecule has 0 amide bonds. The van der Waals surface area contributed by atoms with Gasteiger partial charge in [0, 0.05) is 0 Å². The third-order valence-corrected chi connectivity index (χ3v) is 1.97. The van der Waals surface area contributed by atoms with E-state index in [-0.39, 0.29) is 11.1 Å². The van der Waals surface area contributed by atoms with E-state index >= 15 is 0 Å². The Labute approximate surface area is 77.5 Å². The van der Waals surface area contributed by atoms with Crippen molar-refractivity contribution < 1.29 is 9.90 Å². The number of nitrogens with one attached hydrogen (secondary N) is 1. The SMILES string of the molecule is Nn1c(=O)[nH]c2cccc(C(=O)O)c21. The quantitative estimate of drug-likeness (QED) is 0.543. The molecule has 0 radical (unpaired) electrons. The van der Waals surface area contributed by atoms with Gasteiger partial charge in [-0.15, -0.1) is 0 Å². The molecule has 0 fully saturated rings. The van der Waals surface area contributed by atoms with Gasteiger partial charge in [-0.2, -0.15) is 0 Å². The van der Waals surface area contributed by atoms with Crippen molar-refractivity contribution >= 4 is 17.0 Å². The van der Waals surface area contributed by atoms with Crippen LogP contribution in [0.5, 0.6) is 0 Å². The maximum absolute atomic E-state index is 11.1. The number of fused-ring (bicyclic) bond motifs is 1. The Hall–Kier alpha value is -2.24. The molecule has 6 nitrogen and oxygen atoms in total. The Bertz CT molecular complexity index is 567. The number of hydrogen-bond acceptors (Lipinski definition) is 3. The molecule has 4 N–H and O–H groups in total. The molecule has 0 atom stereocenters. The zero-order valence-corrected chi connectivity index (χ0v) is 7.02. The van der Waals surface area contributed by atoms with Gasteiger partial charge >= 0.3 is 11.7 Å². The minimum atomic E-state index is -1.12. The first-order valence-electron chi connectivity index (χ1n) is 3.83. The maximum atomic E-state index is 11.1. The summed E-state index contributed by atoms with van der Waals surface area (Å²) in [4.78, 5) is 24.3. The first-order valence-corrected chi connectivity index (χ1v) is 3.83. The highest BCUT2D eigenvalue weighted by Crippen LogP contribution is 2.13. The van der Waals surface area contributed by atoms with Crippen molar-refractivity contribution in [1.29, 1.82) is 0 Å². The van der Waals surface area contributed by atoms with Crippen molar-refractivity contribution in [2.45, 2.75) is 0 Å². The number of aromatic amines is 1. The summed E-state index contributed by atoms with van der Waals surface area (Å²) in [6.45, 7) is 0. The summed E-state index contributed by atoms with van der Waals surface area (Å²) in [6.07, 6.45) is 0. The van der Waals surface area contributed by atoms with E-state index in [1.54, 1.807) is 12.1 Å². The summed E-state index contributed by atoms with van der Waals surface area (Å²) in [5.41, 5.74) is 0.0828. The summed E-state index contributed by atoms with van der Waals surface area (Å²) in [5, 5.41) is 8.83. The van der Waals surface area contributed by atoms with Crippen LogP contribution in [0.1, 0.15) is 10.4 Å². The smallest absolute Gasteiger partial charge is 0.344 e. The predicted molar refractivity (Wildman–Crippen MR) is 49.7 cm³/mol. The molecule has 1 aromatic heterocycles. The average Bonchev–Trinajstić information content (AvgIpc) is 2.43. The first kappa shape index (κ1) is 8.36. The van der Waals surface area contributed by atoms with E-state index in [4.69, 9.17) is 10.9 Å². The minimum absolute atomic E-state index is 0.00310.